The van der Waals surface area contributed by atoms with Crippen LogP contribution < -0.4 is 4.74 Å². The lowest BCUT2D eigenvalue weighted by Gasteiger charge is -2.26. The van der Waals surface area contributed by atoms with Crippen LogP contribution in [0.4, 0.5) is 0 Å². The molecule has 7 heteroatoms. The molecular formula is C20H29N3O3S. The van der Waals surface area contributed by atoms with Crippen molar-refractivity contribution in [3.8, 4) is 5.75 Å². The van der Waals surface area contributed by atoms with Crippen LogP contribution in [0.2, 0.25) is 0 Å². The zero-order valence-corrected chi connectivity index (χ0v) is 17.6. The quantitative estimate of drug-likeness (QED) is 0.566. The minimum atomic E-state index is 0.0955. The van der Waals surface area contributed by atoms with E-state index >= 15 is 0 Å². The van der Waals surface area contributed by atoms with Gasteiger partial charge in [0.1, 0.15) is 5.75 Å². The predicted octanol–water partition coefficient (Wildman–Crippen LogP) is 4.19. The van der Waals surface area contributed by atoms with Crippen LogP contribution in [0.3, 0.4) is 0 Å². The van der Waals surface area contributed by atoms with Crippen molar-refractivity contribution in [1.29, 1.82) is 0 Å². The highest BCUT2D eigenvalue weighted by atomic mass is 32.2. The number of amides is 1. The van der Waals surface area contributed by atoms with Crippen molar-refractivity contribution < 1.29 is 13.9 Å². The lowest BCUT2D eigenvalue weighted by molar-refractivity contribution is -0.129. The first-order valence-corrected chi connectivity index (χ1v) is 10.2. The molecule has 0 saturated carbocycles. The molecule has 0 atom stereocenters. The van der Waals surface area contributed by atoms with Crippen molar-refractivity contribution in [2.75, 3.05) is 18.8 Å². The highest BCUT2D eigenvalue weighted by molar-refractivity contribution is 7.99. The van der Waals surface area contributed by atoms with Crippen LogP contribution >= 0.6 is 11.8 Å². The van der Waals surface area contributed by atoms with Crippen LogP contribution in [-0.4, -0.2) is 39.8 Å². The molecule has 1 aromatic heterocycles. The van der Waals surface area contributed by atoms with Crippen LogP contribution in [0.1, 0.15) is 39.1 Å². The third-order valence-corrected chi connectivity index (χ3v) is 4.45. The number of hydrogen-bond acceptors (Lipinski definition) is 6. The van der Waals surface area contributed by atoms with Crippen molar-refractivity contribution in [3.05, 3.63) is 35.7 Å². The Kier molecular flexibility index (Phi) is 8.16. The molecule has 1 aromatic carbocycles. The fraction of sp³-hybridized carbons (Fsp3) is 0.550. The van der Waals surface area contributed by atoms with Gasteiger partial charge in [0.25, 0.3) is 11.1 Å². The lowest BCUT2D eigenvalue weighted by Crippen LogP contribution is -2.38. The fourth-order valence-corrected chi connectivity index (χ4v) is 3.26. The first kappa shape index (κ1) is 21.3. The van der Waals surface area contributed by atoms with Crippen LogP contribution in [0.15, 0.2) is 33.9 Å². The Labute approximate surface area is 165 Å². The summed E-state index contributed by atoms with van der Waals surface area (Å²) in [5.41, 5.74) is 1.13. The third-order valence-electron chi connectivity index (χ3n) is 3.64. The van der Waals surface area contributed by atoms with Crippen molar-refractivity contribution in [2.45, 2.75) is 46.4 Å². The van der Waals surface area contributed by atoms with E-state index in [4.69, 9.17) is 9.15 Å². The number of benzene rings is 1. The Morgan fingerprint density at radius 2 is 1.89 bits per heavy atom. The number of ether oxygens (including phenoxy) is 1. The molecule has 0 aliphatic rings. The molecule has 1 heterocycles. The van der Waals surface area contributed by atoms with Gasteiger partial charge < -0.3 is 14.1 Å². The van der Waals surface area contributed by atoms with Gasteiger partial charge in [0, 0.05) is 13.1 Å². The maximum Gasteiger partial charge on any atom is 0.277 e. The Morgan fingerprint density at radius 3 is 2.52 bits per heavy atom. The van der Waals surface area contributed by atoms with E-state index in [2.05, 4.69) is 37.9 Å². The van der Waals surface area contributed by atoms with Crippen molar-refractivity contribution in [1.82, 2.24) is 15.1 Å². The van der Waals surface area contributed by atoms with Gasteiger partial charge in [-0.25, -0.2) is 0 Å². The van der Waals surface area contributed by atoms with Crippen molar-refractivity contribution >= 4 is 17.7 Å². The summed E-state index contributed by atoms with van der Waals surface area (Å²) < 4.78 is 11.2. The SMILES string of the molecule is Cc1cccc(OCc2nnc(SCC(=O)N(CC(C)C)CC(C)C)o2)c1. The van der Waals surface area contributed by atoms with E-state index in [-0.39, 0.29) is 12.5 Å². The zero-order chi connectivity index (χ0) is 19.8. The van der Waals surface area contributed by atoms with Crippen LogP contribution in [-0.2, 0) is 11.4 Å². The number of rotatable bonds is 10. The molecule has 0 fully saturated rings. The molecule has 0 aliphatic carbocycles. The van der Waals surface area contributed by atoms with E-state index in [1.807, 2.05) is 36.1 Å². The Hall–Kier alpha value is -2.02. The third kappa shape index (κ3) is 7.62. The van der Waals surface area contributed by atoms with Gasteiger partial charge in [-0.2, -0.15) is 0 Å². The van der Waals surface area contributed by atoms with Gasteiger partial charge in [0.15, 0.2) is 6.61 Å². The molecule has 2 aromatic rings. The number of aryl methyl sites for hydroxylation is 1. The minimum absolute atomic E-state index is 0.0955. The molecule has 6 nitrogen and oxygen atoms in total. The van der Waals surface area contributed by atoms with E-state index in [9.17, 15) is 4.79 Å². The molecule has 27 heavy (non-hydrogen) atoms. The Morgan fingerprint density at radius 1 is 1.19 bits per heavy atom. The first-order valence-electron chi connectivity index (χ1n) is 9.26. The molecule has 0 spiro atoms. The first-order chi connectivity index (χ1) is 12.8. The predicted molar refractivity (Wildman–Crippen MR) is 107 cm³/mol. The molecule has 0 N–H and O–H groups in total. The zero-order valence-electron chi connectivity index (χ0n) is 16.8. The number of thioether (sulfide) groups is 1. The van der Waals surface area contributed by atoms with E-state index in [0.717, 1.165) is 24.4 Å². The number of carbonyl (C=O) groups excluding carboxylic acids is 1. The summed E-state index contributed by atoms with van der Waals surface area (Å²) >= 11 is 1.27. The smallest absolute Gasteiger partial charge is 0.277 e. The highest BCUT2D eigenvalue weighted by Gasteiger charge is 2.18. The normalized spacial score (nSPS) is 11.2. The summed E-state index contributed by atoms with van der Waals surface area (Å²) in [6.07, 6.45) is 0. The molecule has 0 unspecified atom stereocenters. The van der Waals surface area contributed by atoms with Crippen molar-refractivity contribution in [2.24, 2.45) is 11.8 Å². The minimum Gasteiger partial charge on any atom is -0.484 e. The second-order valence-electron chi connectivity index (χ2n) is 7.44. The number of hydrogen-bond donors (Lipinski definition) is 0. The Bertz CT molecular complexity index is 721. The molecule has 0 aliphatic heterocycles. The molecular weight excluding hydrogens is 362 g/mol. The van der Waals surface area contributed by atoms with Crippen molar-refractivity contribution in [3.63, 3.8) is 0 Å². The van der Waals surface area contributed by atoms with E-state index in [1.54, 1.807) is 0 Å². The summed E-state index contributed by atoms with van der Waals surface area (Å²) in [6.45, 7) is 12.2. The molecule has 1 amide bonds. The number of carbonyl (C=O) groups is 1. The lowest BCUT2D eigenvalue weighted by atomic mass is 10.1. The second kappa shape index (κ2) is 10.3. The monoisotopic (exact) mass is 391 g/mol. The molecule has 0 bridgehead atoms. The summed E-state index contributed by atoms with van der Waals surface area (Å²) in [4.78, 5) is 14.4. The molecule has 0 radical (unpaired) electrons. The van der Waals surface area contributed by atoms with Gasteiger partial charge in [-0.15, -0.1) is 10.2 Å². The second-order valence-corrected chi connectivity index (χ2v) is 8.37. The van der Waals surface area contributed by atoms with Gasteiger partial charge in [-0.05, 0) is 36.5 Å². The average Bonchev–Trinajstić information content (AvgIpc) is 3.04. The van der Waals surface area contributed by atoms with Gasteiger partial charge in [-0.3, -0.25) is 4.79 Å². The standard InChI is InChI=1S/C20H29N3O3S/c1-14(2)10-23(11-15(3)4)19(24)13-27-20-22-21-18(26-20)12-25-17-8-6-7-16(5)9-17/h6-9,14-15H,10-13H2,1-5H3. The van der Waals surface area contributed by atoms with E-state index in [1.165, 1.54) is 11.8 Å². The maximum atomic E-state index is 12.5. The van der Waals surface area contributed by atoms with Gasteiger partial charge in [-0.1, -0.05) is 51.6 Å². The van der Waals surface area contributed by atoms with E-state index < -0.39 is 0 Å². The summed E-state index contributed by atoms with van der Waals surface area (Å²) in [5, 5.41) is 8.37. The summed E-state index contributed by atoms with van der Waals surface area (Å²) in [7, 11) is 0. The fourth-order valence-electron chi connectivity index (χ4n) is 2.58. The molecule has 0 saturated heterocycles. The highest BCUT2D eigenvalue weighted by Crippen LogP contribution is 2.19. The number of nitrogens with zero attached hydrogens (tertiary/aromatic N) is 3. The van der Waals surface area contributed by atoms with Gasteiger partial charge >= 0.3 is 0 Å². The summed E-state index contributed by atoms with van der Waals surface area (Å²) in [5.74, 6) is 2.42. The molecule has 2 rings (SSSR count). The number of aromatic nitrogens is 2. The maximum absolute atomic E-state index is 12.5. The Balaban J connectivity index is 1.84. The van der Waals surface area contributed by atoms with Gasteiger partial charge in [0.05, 0.1) is 5.75 Å². The van der Waals surface area contributed by atoms with Crippen LogP contribution in [0.5, 0.6) is 5.75 Å². The largest absolute Gasteiger partial charge is 0.484 e. The molecule has 148 valence electrons. The van der Waals surface area contributed by atoms with Gasteiger partial charge in [0.2, 0.25) is 5.91 Å². The topological polar surface area (TPSA) is 68.5 Å². The van der Waals surface area contributed by atoms with Crippen LogP contribution in [0, 0.1) is 18.8 Å². The van der Waals surface area contributed by atoms with E-state index in [0.29, 0.717) is 28.7 Å². The van der Waals surface area contributed by atoms with Crippen LogP contribution in [0.25, 0.3) is 0 Å². The summed E-state index contributed by atoms with van der Waals surface area (Å²) in [6, 6.07) is 7.77. The average molecular weight is 392 g/mol.